The molecule has 4 nitrogen and oxygen atoms in total. The zero-order chi connectivity index (χ0) is 10.7. The van der Waals surface area contributed by atoms with Crippen LogP contribution in [0.2, 0.25) is 5.28 Å². The van der Waals surface area contributed by atoms with Crippen molar-refractivity contribution in [3.63, 3.8) is 0 Å². The van der Waals surface area contributed by atoms with Gasteiger partial charge in [0.15, 0.2) is 0 Å². The summed E-state index contributed by atoms with van der Waals surface area (Å²) >= 11 is 5.79. The molecule has 2 rings (SSSR count). The quantitative estimate of drug-likeness (QED) is 0.801. The Morgan fingerprint density at radius 3 is 2.94 bits per heavy atom. The minimum Gasteiger partial charge on any atom is -0.366 e. The number of hydrogen-bond acceptors (Lipinski definition) is 4. The summed E-state index contributed by atoms with van der Waals surface area (Å²) < 4.78 is 0. The maximum atomic E-state index is 5.79. The molecule has 2 N–H and O–H groups in total. The third-order valence-corrected chi connectivity index (χ3v) is 2.64. The molecule has 0 unspecified atom stereocenters. The molecule has 1 aliphatic rings. The highest BCUT2D eigenvalue weighted by atomic mass is 35.5. The number of halogens is 2. The van der Waals surface area contributed by atoms with Crippen LogP contribution < -0.4 is 10.6 Å². The molecule has 1 atom stereocenters. The van der Waals surface area contributed by atoms with Gasteiger partial charge >= 0.3 is 0 Å². The standard InChI is InChI=1S/C10H15ClN4.ClH/c1-7-5-9(15-10(11)13-7)14-8-3-2-4-12-6-8;/h5,8,12H,2-4,6H2,1H3,(H,13,14,15);1H/t8-;/m0./s1. The highest BCUT2D eigenvalue weighted by molar-refractivity contribution is 6.28. The van der Waals surface area contributed by atoms with E-state index < -0.39 is 0 Å². The SMILES string of the molecule is Cc1cc(N[C@H]2CCCNC2)nc(Cl)n1.Cl. The minimum atomic E-state index is 0. The minimum absolute atomic E-state index is 0. The third kappa shape index (κ3) is 3.77. The van der Waals surface area contributed by atoms with E-state index in [4.69, 9.17) is 11.6 Å². The molecule has 1 fully saturated rings. The molecule has 1 aromatic rings. The molecule has 0 aliphatic carbocycles. The van der Waals surface area contributed by atoms with Crippen molar-refractivity contribution in [2.75, 3.05) is 18.4 Å². The molecule has 16 heavy (non-hydrogen) atoms. The molecular weight excluding hydrogens is 247 g/mol. The maximum Gasteiger partial charge on any atom is 0.224 e. The molecule has 0 spiro atoms. The van der Waals surface area contributed by atoms with E-state index in [1.807, 2.05) is 13.0 Å². The summed E-state index contributed by atoms with van der Waals surface area (Å²) in [4.78, 5) is 8.17. The van der Waals surface area contributed by atoms with Crippen molar-refractivity contribution in [3.05, 3.63) is 17.0 Å². The number of hydrogen-bond donors (Lipinski definition) is 2. The van der Waals surface area contributed by atoms with Crippen LogP contribution in [0.1, 0.15) is 18.5 Å². The van der Waals surface area contributed by atoms with Crippen LogP contribution in [0.25, 0.3) is 0 Å². The number of nitrogens with zero attached hydrogens (tertiary/aromatic N) is 2. The molecule has 0 aromatic carbocycles. The Morgan fingerprint density at radius 1 is 1.50 bits per heavy atom. The van der Waals surface area contributed by atoms with Gasteiger partial charge in [0.1, 0.15) is 5.82 Å². The van der Waals surface area contributed by atoms with Crippen LogP contribution in [-0.2, 0) is 0 Å². The first kappa shape index (κ1) is 13.5. The number of piperidine rings is 1. The second-order valence-electron chi connectivity index (χ2n) is 3.85. The Labute approximate surface area is 107 Å². The van der Waals surface area contributed by atoms with Gasteiger partial charge in [-0.2, -0.15) is 0 Å². The summed E-state index contributed by atoms with van der Waals surface area (Å²) in [7, 11) is 0. The van der Waals surface area contributed by atoms with Crippen LogP contribution in [0.4, 0.5) is 5.82 Å². The van der Waals surface area contributed by atoms with E-state index in [-0.39, 0.29) is 12.4 Å². The molecule has 1 aliphatic heterocycles. The van der Waals surface area contributed by atoms with Gasteiger partial charge in [0, 0.05) is 24.3 Å². The van der Waals surface area contributed by atoms with Gasteiger partial charge in [0.05, 0.1) is 0 Å². The molecule has 1 aromatic heterocycles. The second kappa shape index (κ2) is 6.23. The lowest BCUT2D eigenvalue weighted by Crippen LogP contribution is -2.38. The van der Waals surface area contributed by atoms with E-state index in [2.05, 4.69) is 20.6 Å². The number of anilines is 1. The average molecular weight is 263 g/mol. The first-order valence-corrected chi connectivity index (χ1v) is 5.60. The Hall–Kier alpha value is -0.580. The lowest BCUT2D eigenvalue weighted by Gasteiger charge is -2.24. The largest absolute Gasteiger partial charge is 0.366 e. The highest BCUT2D eigenvalue weighted by Gasteiger charge is 2.13. The molecule has 0 saturated carbocycles. The second-order valence-corrected chi connectivity index (χ2v) is 4.19. The van der Waals surface area contributed by atoms with Gasteiger partial charge in [-0.1, -0.05) is 0 Å². The smallest absolute Gasteiger partial charge is 0.224 e. The van der Waals surface area contributed by atoms with Crippen LogP contribution >= 0.6 is 24.0 Å². The number of nitrogens with one attached hydrogen (secondary N) is 2. The van der Waals surface area contributed by atoms with Crippen molar-refractivity contribution in [3.8, 4) is 0 Å². The van der Waals surface area contributed by atoms with Crippen LogP contribution in [0.3, 0.4) is 0 Å². The lowest BCUT2D eigenvalue weighted by atomic mass is 10.1. The van der Waals surface area contributed by atoms with Crippen molar-refractivity contribution in [1.29, 1.82) is 0 Å². The summed E-state index contributed by atoms with van der Waals surface area (Å²) in [5.41, 5.74) is 0.890. The van der Waals surface area contributed by atoms with Gasteiger partial charge in [-0.15, -0.1) is 12.4 Å². The molecule has 90 valence electrons. The van der Waals surface area contributed by atoms with E-state index >= 15 is 0 Å². The van der Waals surface area contributed by atoms with Crippen molar-refractivity contribution in [2.45, 2.75) is 25.8 Å². The molecule has 0 amide bonds. The highest BCUT2D eigenvalue weighted by Crippen LogP contribution is 2.13. The maximum absolute atomic E-state index is 5.79. The first-order chi connectivity index (χ1) is 7.24. The van der Waals surface area contributed by atoms with Crippen molar-refractivity contribution in [1.82, 2.24) is 15.3 Å². The Balaban J connectivity index is 0.00000128. The molecule has 1 saturated heterocycles. The number of aromatic nitrogens is 2. The van der Waals surface area contributed by atoms with Crippen molar-refractivity contribution < 1.29 is 0 Å². The van der Waals surface area contributed by atoms with E-state index in [0.29, 0.717) is 11.3 Å². The Kier molecular flexibility index (Phi) is 5.25. The lowest BCUT2D eigenvalue weighted by molar-refractivity contribution is 0.479. The fourth-order valence-corrected chi connectivity index (χ4v) is 2.01. The molecular formula is C10H16Cl2N4. The first-order valence-electron chi connectivity index (χ1n) is 5.22. The summed E-state index contributed by atoms with van der Waals surface area (Å²) in [6.07, 6.45) is 2.38. The van der Waals surface area contributed by atoms with Gasteiger partial charge in [-0.25, -0.2) is 9.97 Å². The number of rotatable bonds is 2. The molecule has 6 heteroatoms. The van der Waals surface area contributed by atoms with Crippen LogP contribution in [0.15, 0.2) is 6.07 Å². The predicted molar refractivity (Wildman–Crippen MR) is 68.5 cm³/mol. The molecule has 0 radical (unpaired) electrons. The topological polar surface area (TPSA) is 49.8 Å². The van der Waals surface area contributed by atoms with Gasteiger partial charge in [0.25, 0.3) is 0 Å². The summed E-state index contributed by atoms with van der Waals surface area (Å²) in [5.74, 6) is 0.821. The Bertz CT molecular complexity index is 319. The monoisotopic (exact) mass is 262 g/mol. The molecule has 2 heterocycles. The van der Waals surface area contributed by atoms with E-state index in [1.54, 1.807) is 0 Å². The third-order valence-electron chi connectivity index (χ3n) is 2.48. The van der Waals surface area contributed by atoms with Gasteiger partial charge in [-0.3, -0.25) is 0 Å². The van der Waals surface area contributed by atoms with Crippen LogP contribution in [0, 0.1) is 6.92 Å². The van der Waals surface area contributed by atoms with Crippen LogP contribution in [-0.4, -0.2) is 29.1 Å². The van der Waals surface area contributed by atoms with Gasteiger partial charge in [0.2, 0.25) is 5.28 Å². The summed E-state index contributed by atoms with van der Waals surface area (Å²) in [6.45, 7) is 4.01. The summed E-state index contributed by atoms with van der Waals surface area (Å²) in [5, 5.41) is 7.02. The summed E-state index contributed by atoms with van der Waals surface area (Å²) in [6, 6.07) is 2.37. The Morgan fingerprint density at radius 2 is 2.31 bits per heavy atom. The molecule has 0 bridgehead atoms. The van der Waals surface area contributed by atoms with Crippen molar-refractivity contribution >= 4 is 29.8 Å². The van der Waals surface area contributed by atoms with Gasteiger partial charge < -0.3 is 10.6 Å². The fraction of sp³-hybridized carbons (Fsp3) is 0.600. The van der Waals surface area contributed by atoms with Crippen molar-refractivity contribution in [2.24, 2.45) is 0 Å². The average Bonchev–Trinajstić information content (AvgIpc) is 2.17. The zero-order valence-corrected chi connectivity index (χ0v) is 10.7. The van der Waals surface area contributed by atoms with E-state index in [9.17, 15) is 0 Å². The van der Waals surface area contributed by atoms with E-state index in [0.717, 1.165) is 24.6 Å². The fourth-order valence-electron chi connectivity index (χ4n) is 1.79. The number of aryl methyl sites for hydroxylation is 1. The van der Waals surface area contributed by atoms with Crippen LogP contribution in [0.5, 0.6) is 0 Å². The van der Waals surface area contributed by atoms with E-state index in [1.165, 1.54) is 12.8 Å². The normalized spacial score (nSPS) is 20.0. The predicted octanol–water partition coefficient (Wildman–Crippen LogP) is 2.02. The zero-order valence-electron chi connectivity index (χ0n) is 9.16. The van der Waals surface area contributed by atoms with Gasteiger partial charge in [-0.05, 0) is 37.9 Å².